The van der Waals surface area contributed by atoms with Gasteiger partial charge in [0.2, 0.25) is 0 Å². The van der Waals surface area contributed by atoms with Gasteiger partial charge in [-0.1, -0.05) is 6.07 Å². The second-order valence-electron chi connectivity index (χ2n) is 2.13. The zero-order chi connectivity index (χ0) is 7.56. The molecule has 1 rings (SSSR count). The lowest BCUT2D eigenvalue weighted by Crippen LogP contribution is -2.08. The highest BCUT2D eigenvalue weighted by atomic mass is 35.5. The Hall–Kier alpha value is -0.800. The Labute approximate surface area is 71.0 Å². The van der Waals surface area contributed by atoms with Crippen molar-refractivity contribution in [3.8, 4) is 0 Å². The van der Waals surface area contributed by atoms with E-state index in [0.717, 1.165) is 5.56 Å². The number of benzene rings is 1. The van der Waals surface area contributed by atoms with Gasteiger partial charge in [0, 0.05) is 0 Å². The molecule has 0 saturated carbocycles. The molecule has 0 saturated heterocycles. The highest BCUT2D eigenvalue weighted by Crippen LogP contribution is 2.12. The number of hydrogen-bond donors (Lipinski definition) is 2. The maximum absolute atomic E-state index is 12.7. The predicted molar refractivity (Wildman–Crippen MR) is 46.2 cm³/mol. The van der Waals surface area contributed by atoms with Crippen LogP contribution in [0.1, 0.15) is 5.56 Å². The maximum atomic E-state index is 12.7. The summed E-state index contributed by atoms with van der Waals surface area (Å²) in [6.07, 6.45) is 0. The van der Waals surface area contributed by atoms with Crippen molar-refractivity contribution in [2.45, 2.75) is 6.92 Å². The van der Waals surface area contributed by atoms with Crippen LogP contribution in [0.2, 0.25) is 0 Å². The number of halogens is 2. The molecular weight excluding hydrogens is 167 g/mol. The number of rotatable bonds is 1. The van der Waals surface area contributed by atoms with Gasteiger partial charge >= 0.3 is 0 Å². The first-order chi connectivity index (χ1) is 4.74. The average Bonchev–Trinajstić information content (AvgIpc) is 1.88. The molecule has 0 aliphatic rings. The van der Waals surface area contributed by atoms with E-state index in [1.54, 1.807) is 12.1 Å². The molecular formula is C7H10ClFN2. The van der Waals surface area contributed by atoms with Gasteiger partial charge in [-0.15, -0.1) is 12.4 Å². The van der Waals surface area contributed by atoms with E-state index in [-0.39, 0.29) is 18.2 Å². The van der Waals surface area contributed by atoms with Gasteiger partial charge in [0.25, 0.3) is 0 Å². The second kappa shape index (κ2) is 4.16. The second-order valence-corrected chi connectivity index (χ2v) is 2.13. The topological polar surface area (TPSA) is 38.0 Å². The van der Waals surface area contributed by atoms with E-state index in [4.69, 9.17) is 5.84 Å². The monoisotopic (exact) mass is 176 g/mol. The molecule has 0 aromatic heterocycles. The van der Waals surface area contributed by atoms with Gasteiger partial charge in [-0.2, -0.15) is 0 Å². The fraction of sp³-hybridized carbons (Fsp3) is 0.143. The first-order valence-corrected chi connectivity index (χ1v) is 2.97. The molecule has 0 aliphatic heterocycles. The molecule has 0 atom stereocenters. The lowest BCUT2D eigenvalue weighted by Gasteiger charge is -2.00. The summed E-state index contributed by atoms with van der Waals surface area (Å²) in [7, 11) is 0. The summed E-state index contributed by atoms with van der Waals surface area (Å²) in [5.41, 5.74) is 3.46. The number of hydrogen-bond acceptors (Lipinski definition) is 2. The van der Waals surface area contributed by atoms with Gasteiger partial charge in [0.1, 0.15) is 5.82 Å². The highest BCUT2D eigenvalue weighted by Gasteiger charge is 1.97. The van der Waals surface area contributed by atoms with Gasteiger partial charge < -0.3 is 5.43 Å². The molecule has 3 N–H and O–H groups in total. The van der Waals surface area contributed by atoms with Crippen molar-refractivity contribution in [2.75, 3.05) is 5.43 Å². The minimum atomic E-state index is -0.317. The van der Waals surface area contributed by atoms with E-state index >= 15 is 0 Å². The molecule has 0 radical (unpaired) electrons. The highest BCUT2D eigenvalue weighted by molar-refractivity contribution is 5.85. The van der Waals surface area contributed by atoms with Crippen LogP contribution in [0.15, 0.2) is 18.2 Å². The number of hydrazine groups is 1. The molecule has 0 fully saturated rings. The number of nitrogen functional groups attached to an aromatic ring is 1. The van der Waals surface area contributed by atoms with Crippen LogP contribution in [0.4, 0.5) is 10.1 Å². The van der Waals surface area contributed by atoms with Crippen molar-refractivity contribution < 1.29 is 4.39 Å². The summed E-state index contributed by atoms with van der Waals surface area (Å²) in [6.45, 7) is 1.82. The molecule has 62 valence electrons. The van der Waals surface area contributed by atoms with Crippen LogP contribution in [0.3, 0.4) is 0 Å². The van der Waals surface area contributed by atoms with Crippen LogP contribution in [0, 0.1) is 12.7 Å². The molecule has 11 heavy (non-hydrogen) atoms. The predicted octanol–water partition coefficient (Wildman–Crippen LogP) is 1.84. The quantitative estimate of drug-likeness (QED) is 0.506. The van der Waals surface area contributed by atoms with Gasteiger partial charge in [-0.25, -0.2) is 4.39 Å². The Kier molecular flexibility index (Phi) is 3.85. The lowest BCUT2D eigenvalue weighted by atomic mass is 10.2. The van der Waals surface area contributed by atoms with Crippen LogP contribution >= 0.6 is 12.4 Å². The van der Waals surface area contributed by atoms with E-state index < -0.39 is 0 Å². The van der Waals surface area contributed by atoms with E-state index in [2.05, 4.69) is 5.43 Å². The molecule has 1 aromatic rings. The Bertz CT molecular complexity index is 240. The fourth-order valence-corrected chi connectivity index (χ4v) is 0.737. The first kappa shape index (κ1) is 10.2. The van der Waals surface area contributed by atoms with E-state index in [1.807, 2.05) is 6.92 Å². The third kappa shape index (κ3) is 2.37. The Balaban J connectivity index is 0.000001000. The van der Waals surface area contributed by atoms with Crippen molar-refractivity contribution in [2.24, 2.45) is 5.84 Å². The molecule has 0 spiro atoms. The SMILES string of the molecule is Cc1ccc(NN)c(F)c1.Cl. The van der Waals surface area contributed by atoms with Gasteiger partial charge in [-0.3, -0.25) is 5.84 Å². The molecule has 0 unspecified atom stereocenters. The summed E-state index contributed by atoms with van der Waals surface area (Å²) in [5.74, 6) is 4.69. The largest absolute Gasteiger partial charge is 0.321 e. The van der Waals surface area contributed by atoms with E-state index in [9.17, 15) is 4.39 Å². The van der Waals surface area contributed by atoms with Crippen molar-refractivity contribution in [1.29, 1.82) is 0 Å². The molecule has 0 amide bonds. The first-order valence-electron chi connectivity index (χ1n) is 2.97. The molecule has 0 heterocycles. The number of nitrogens with one attached hydrogen (secondary N) is 1. The zero-order valence-electron chi connectivity index (χ0n) is 6.10. The maximum Gasteiger partial charge on any atom is 0.147 e. The fourth-order valence-electron chi connectivity index (χ4n) is 0.737. The molecule has 2 nitrogen and oxygen atoms in total. The van der Waals surface area contributed by atoms with Gasteiger partial charge in [0.05, 0.1) is 5.69 Å². The average molecular weight is 177 g/mol. The Morgan fingerprint density at radius 3 is 2.55 bits per heavy atom. The van der Waals surface area contributed by atoms with Crippen LogP contribution < -0.4 is 11.3 Å². The van der Waals surface area contributed by atoms with Crippen LogP contribution in [0.25, 0.3) is 0 Å². The van der Waals surface area contributed by atoms with Crippen LogP contribution in [-0.2, 0) is 0 Å². The minimum absolute atomic E-state index is 0. The molecule has 0 aliphatic carbocycles. The Morgan fingerprint density at radius 1 is 1.45 bits per heavy atom. The summed E-state index contributed by atoms with van der Waals surface area (Å²) in [4.78, 5) is 0. The zero-order valence-corrected chi connectivity index (χ0v) is 6.91. The van der Waals surface area contributed by atoms with Gasteiger partial charge in [0.15, 0.2) is 0 Å². The van der Waals surface area contributed by atoms with Gasteiger partial charge in [-0.05, 0) is 24.6 Å². The molecule has 1 aromatic carbocycles. The van der Waals surface area contributed by atoms with Crippen molar-refractivity contribution in [3.63, 3.8) is 0 Å². The number of nitrogens with two attached hydrogens (primary N) is 1. The summed E-state index contributed by atoms with van der Waals surface area (Å²) in [6, 6.07) is 4.82. The lowest BCUT2D eigenvalue weighted by molar-refractivity contribution is 0.629. The van der Waals surface area contributed by atoms with Crippen molar-refractivity contribution >= 4 is 18.1 Å². The third-order valence-corrected chi connectivity index (χ3v) is 1.28. The standard InChI is InChI=1S/C7H9FN2.ClH/c1-5-2-3-7(10-9)6(8)4-5;/h2-4,10H,9H2,1H3;1H. The number of anilines is 1. The normalized spacial score (nSPS) is 8.64. The molecule has 0 bridgehead atoms. The van der Waals surface area contributed by atoms with E-state index in [1.165, 1.54) is 6.07 Å². The smallest absolute Gasteiger partial charge is 0.147 e. The van der Waals surface area contributed by atoms with Crippen molar-refractivity contribution in [3.05, 3.63) is 29.6 Å². The van der Waals surface area contributed by atoms with Crippen molar-refractivity contribution in [1.82, 2.24) is 0 Å². The van der Waals surface area contributed by atoms with E-state index in [0.29, 0.717) is 5.69 Å². The molecule has 4 heteroatoms. The van der Waals surface area contributed by atoms with Crippen LogP contribution in [0.5, 0.6) is 0 Å². The van der Waals surface area contributed by atoms with Crippen LogP contribution in [-0.4, -0.2) is 0 Å². The Morgan fingerprint density at radius 2 is 2.09 bits per heavy atom. The minimum Gasteiger partial charge on any atom is -0.321 e. The summed E-state index contributed by atoms with van der Waals surface area (Å²) in [5, 5.41) is 0. The summed E-state index contributed by atoms with van der Waals surface area (Å²) >= 11 is 0. The third-order valence-electron chi connectivity index (χ3n) is 1.28. The summed E-state index contributed by atoms with van der Waals surface area (Å²) < 4.78 is 12.7. The number of aryl methyl sites for hydroxylation is 1.